The molecule has 30 heavy (non-hydrogen) atoms. The van der Waals surface area contributed by atoms with E-state index in [2.05, 4.69) is 15.8 Å². The predicted molar refractivity (Wildman–Crippen MR) is 108 cm³/mol. The lowest BCUT2D eigenvalue weighted by atomic mass is 10.4. The highest BCUT2D eigenvalue weighted by Crippen LogP contribution is 2.24. The first-order chi connectivity index (χ1) is 14.2. The summed E-state index contributed by atoms with van der Waals surface area (Å²) in [5, 5.41) is 4.43. The molecule has 0 bridgehead atoms. The summed E-state index contributed by atoms with van der Waals surface area (Å²) in [4.78, 5) is 25.9. The van der Waals surface area contributed by atoms with E-state index in [1.165, 1.54) is 37.0 Å². The minimum absolute atomic E-state index is 0.294. The fourth-order valence-corrected chi connectivity index (χ4v) is 2.78. The van der Waals surface area contributed by atoms with Crippen molar-refractivity contribution in [3.63, 3.8) is 0 Å². The van der Waals surface area contributed by atoms with Crippen molar-refractivity contribution in [2.45, 2.75) is 51.6 Å². The van der Waals surface area contributed by atoms with Crippen molar-refractivity contribution in [3.05, 3.63) is 35.9 Å². The molecule has 0 radical (unpaired) electrons. The van der Waals surface area contributed by atoms with Crippen molar-refractivity contribution in [2.24, 2.45) is 5.73 Å². The molecule has 1 fully saturated rings. The zero-order chi connectivity index (χ0) is 22.6. The van der Waals surface area contributed by atoms with Crippen LogP contribution in [0.4, 0.5) is 18.9 Å². The fourth-order valence-electron chi connectivity index (χ4n) is 2.54. The number of carbonyl (C=O) groups is 2. The van der Waals surface area contributed by atoms with Crippen molar-refractivity contribution in [1.29, 1.82) is 0 Å². The summed E-state index contributed by atoms with van der Waals surface area (Å²) < 4.78 is 34.6. The lowest BCUT2D eigenvalue weighted by molar-refractivity contribution is -0.151. The Bertz CT molecular complexity index is 773. The molecule has 0 saturated heterocycles. The molecular formula is C19H25ClF3N5O2. The number of pyridine rings is 1. The molecule has 1 saturated carbocycles. The smallest absolute Gasteiger partial charge is 0.369 e. The lowest BCUT2D eigenvalue weighted by Crippen LogP contribution is -2.21. The molecule has 1 aliphatic carbocycles. The molecule has 2 aromatic rings. The molecule has 0 spiro atoms. The van der Waals surface area contributed by atoms with Gasteiger partial charge in [0, 0.05) is 12.7 Å². The van der Waals surface area contributed by atoms with Gasteiger partial charge in [0.25, 0.3) is 0 Å². The molecule has 7 nitrogen and oxygen atoms in total. The number of halogens is 4. The Morgan fingerprint density at radius 3 is 2.27 bits per heavy atom. The van der Waals surface area contributed by atoms with Gasteiger partial charge in [-0.25, -0.2) is 4.68 Å². The number of rotatable bonds is 5. The van der Waals surface area contributed by atoms with E-state index in [9.17, 15) is 22.8 Å². The molecule has 166 valence electrons. The Morgan fingerprint density at radius 1 is 1.30 bits per heavy atom. The molecule has 0 unspecified atom stereocenters. The first-order valence-electron chi connectivity index (χ1n) is 9.40. The summed E-state index contributed by atoms with van der Waals surface area (Å²) in [6.07, 6.45) is 7.30. The van der Waals surface area contributed by atoms with Gasteiger partial charge in [0.15, 0.2) is 5.15 Å². The highest BCUT2D eigenvalue weighted by molar-refractivity contribution is 6.32. The van der Waals surface area contributed by atoms with Crippen LogP contribution in [0.1, 0.15) is 45.4 Å². The number of carbonyl (C=O) groups excluding carboxylic acids is 2. The quantitative estimate of drug-likeness (QED) is 0.692. The normalized spacial score (nSPS) is 12.8. The van der Waals surface area contributed by atoms with Crippen LogP contribution in [0.25, 0.3) is 5.69 Å². The second kappa shape index (κ2) is 12.8. The van der Waals surface area contributed by atoms with Crippen molar-refractivity contribution in [2.75, 3.05) is 11.4 Å². The van der Waals surface area contributed by atoms with Crippen LogP contribution in [0, 0.1) is 0 Å². The maximum absolute atomic E-state index is 11.0. The molecule has 11 heteroatoms. The molecule has 2 amide bonds. The number of hydrogen-bond acceptors (Lipinski definition) is 4. The number of anilines is 1. The monoisotopic (exact) mass is 447 g/mol. The van der Waals surface area contributed by atoms with E-state index in [0.717, 1.165) is 12.1 Å². The van der Waals surface area contributed by atoms with Gasteiger partial charge >= 0.3 is 6.18 Å². The SMILES string of the molecule is C1CCCC1.CCN(C=O)c1cn(-c2cccnc2)nc1Cl.NC(=O)CC(F)(F)F. The number of amides is 2. The van der Waals surface area contributed by atoms with E-state index in [4.69, 9.17) is 11.6 Å². The van der Waals surface area contributed by atoms with Crippen LogP contribution in [0.15, 0.2) is 30.7 Å². The van der Waals surface area contributed by atoms with Gasteiger partial charge < -0.3 is 10.6 Å². The zero-order valence-corrected chi connectivity index (χ0v) is 17.4. The van der Waals surface area contributed by atoms with Gasteiger partial charge in [-0.3, -0.25) is 14.6 Å². The number of nitrogens with two attached hydrogens (primary N) is 1. The molecule has 0 atom stereocenters. The molecule has 3 rings (SSSR count). The predicted octanol–water partition coefficient (Wildman–Crippen LogP) is 4.28. The van der Waals surface area contributed by atoms with Gasteiger partial charge in [-0.15, -0.1) is 0 Å². The summed E-state index contributed by atoms with van der Waals surface area (Å²) in [6.45, 7) is 2.41. The minimum atomic E-state index is -4.45. The van der Waals surface area contributed by atoms with Gasteiger partial charge in [0.1, 0.15) is 12.1 Å². The van der Waals surface area contributed by atoms with E-state index >= 15 is 0 Å². The molecule has 2 aromatic heterocycles. The van der Waals surface area contributed by atoms with Crippen molar-refractivity contribution >= 4 is 29.6 Å². The Hall–Kier alpha value is -2.62. The average molecular weight is 448 g/mol. The van der Waals surface area contributed by atoms with Crippen molar-refractivity contribution in [1.82, 2.24) is 14.8 Å². The Labute approximate surface area is 178 Å². The van der Waals surface area contributed by atoms with E-state index in [1.807, 2.05) is 19.1 Å². The second-order valence-corrected chi connectivity index (χ2v) is 6.74. The lowest BCUT2D eigenvalue weighted by Gasteiger charge is -2.11. The second-order valence-electron chi connectivity index (χ2n) is 6.38. The summed E-state index contributed by atoms with van der Waals surface area (Å²) in [5.41, 5.74) is 5.60. The van der Waals surface area contributed by atoms with Crippen LogP contribution in [0.5, 0.6) is 0 Å². The van der Waals surface area contributed by atoms with E-state index in [1.54, 1.807) is 23.3 Å². The maximum Gasteiger partial charge on any atom is 0.397 e. The number of nitrogens with zero attached hydrogens (tertiary/aromatic N) is 4. The average Bonchev–Trinajstić information content (AvgIpc) is 3.36. The van der Waals surface area contributed by atoms with E-state index in [-0.39, 0.29) is 0 Å². The highest BCUT2D eigenvalue weighted by atomic mass is 35.5. The van der Waals surface area contributed by atoms with E-state index in [0.29, 0.717) is 17.4 Å². The van der Waals surface area contributed by atoms with Crippen LogP contribution in [0.3, 0.4) is 0 Å². The van der Waals surface area contributed by atoms with Gasteiger partial charge in [-0.1, -0.05) is 43.7 Å². The number of aromatic nitrogens is 3. The largest absolute Gasteiger partial charge is 0.397 e. The molecule has 0 aromatic carbocycles. The van der Waals surface area contributed by atoms with Gasteiger partial charge in [0.05, 0.1) is 18.1 Å². The molecular weight excluding hydrogens is 423 g/mol. The molecule has 2 N–H and O–H groups in total. The number of alkyl halides is 3. The van der Waals surface area contributed by atoms with Crippen LogP contribution in [-0.2, 0) is 9.59 Å². The van der Waals surface area contributed by atoms with Crippen molar-refractivity contribution in [3.8, 4) is 5.69 Å². The summed E-state index contributed by atoms with van der Waals surface area (Å²) >= 11 is 5.99. The topological polar surface area (TPSA) is 94.1 Å². The summed E-state index contributed by atoms with van der Waals surface area (Å²) in [5.74, 6) is -1.35. The molecule has 2 heterocycles. The maximum atomic E-state index is 11.0. The molecule has 0 aliphatic heterocycles. The third-order valence-electron chi connectivity index (χ3n) is 3.96. The molecule has 1 aliphatic rings. The van der Waals surface area contributed by atoms with Gasteiger partial charge in [-0.2, -0.15) is 18.3 Å². The first-order valence-corrected chi connectivity index (χ1v) is 9.78. The van der Waals surface area contributed by atoms with Crippen LogP contribution >= 0.6 is 11.6 Å². The van der Waals surface area contributed by atoms with Crippen LogP contribution in [0.2, 0.25) is 5.15 Å². The third kappa shape index (κ3) is 9.73. The fraction of sp³-hybridized carbons (Fsp3) is 0.474. The highest BCUT2D eigenvalue weighted by Gasteiger charge is 2.29. The van der Waals surface area contributed by atoms with Crippen molar-refractivity contribution < 1.29 is 22.8 Å². The standard InChI is InChI=1S/C11H11ClN4O.C5H10.C3H4F3NO/c1-2-15(8-17)10-7-16(14-11(10)12)9-4-3-5-13-6-9;1-2-4-5-3-1;4-3(5,6)1-2(7)8/h3-8H,2H2,1H3;1-5H2;1H2,(H2,7,8). The van der Waals surface area contributed by atoms with E-state index < -0.39 is 18.5 Å². The van der Waals surface area contributed by atoms with Gasteiger partial charge in [-0.05, 0) is 19.1 Å². The number of hydrogen-bond donors (Lipinski definition) is 1. The Kier molecular flexibility index (Phi) is 10.9. The zero-order valence-electron chi connectivity index (χ0n) is 16.6. The minimum Gasteiger partial charge on any atom is -0.369 e. The Balaban J connectivity index is 0.000000285. The third-order valence-corrected chi connectivity index (χ3v) is 4.23. The Morgan fingerprint density at radius 2 is 1.90 bits per heavy atom. The van der Waals surface area contributed by atoms with Crippen LogP contribution in [-0.4, -0.2) is 39.8 Å². The first kappa shape index (κ1) is 25.4. The summed E-state index contributed by atoms with van der Waals surface area (Å²) in [7, 11) is 0. The van der Waals surface area contributed by atoms with Gasteiger partial charge in [0.2, 0.25) is 12.3 Å². The van der Waals surface area contributed by atoms with Crippen LogP contribution < -0.4 is 10.6 Å². The summed E-state index contributed by atoms with van der Waals surface area (Å²) in [6, 6.07) is 3.67. The number of primary amides is 1.